The largest absolute Gasteiger partial charge is 0.493 e. The van der Waals surface area contributed by atoms with Crippen LogP contribution in [0.25, 0.3) is 0 Å². The number of hydrazone groups is 1. The van der Waals surface area contributed by atoms with Gasteiger partial charge in [0.15, 0.2) is 11.5 Å². The van der Waals surface area contributed by atoms with Crippen LogP contribution in [0.1, 0.15) is 29.5 Å². The summed E-state index contributed by atoms with van der Waals surface area (Å²) in [5.41, 5.74) is 4.03. The van der Waals surface area contributed by atoms with Crippen molar-refractivity contribution in [1.29, 1.82) is 0 Å². The Bertz CT molecular complexity index is 1190. The molecule has 2 aliphatic heterocycles. The lowest BCUT2D eigenvalue weighted by molar-refractivity contribution is -0.138. The molecule has 0 radical (unpaired) electrons. The predicted molar refractivity (Wildman–Crippen MR) is 146 cm³/mol. The van der Waals surface area contributed by atoms with E-state index in [2.05, 4.69) is 41.3 Å². The molecule has 0 unspecified atom stereocenters. The molecule has 1 aliphatic carbocycles. The van der Waals surface area contributed by atoms with Crippen LogP contribution in [0.2, 0.25) is 0 Å². The molecule has 2 aromatic rings. The van der Waals surface area contributed by atoms with Gasteiger partial charge in [-0.15, -0.1) is 0 Å². The van der Waals surface area contributed by atoms with Gasteiger partial charge in [-0.2, -0.15) is 15.7 Å². The molecule has 0 bridgehead atoms. The minimum Gasteiger partial charge on any atom is -0.493 e. The van der Waals surface area contributed by atoms with Gasteiger partial charge in [0, 0.05) is 31.1 Å². The molecule has 2 aromatic carbocycles. The van der Waals surface area contributed by atoms with E-state index in [9.17, 15) is 13.9 Å². The first-order valence-electron chi connectivity index (χ1n) is 12.7. The monoisotopic (exact) mass is 525 g/mol. The molecule has 2 heterocycles. The zero-order valence-corrected chi connectivity index (χ0v) is 22.2. The van der Waals surface area contributed by atoms with Crippen LogP contribution in [-0.2, 0) is 17.9 Å². The maximum Gasteiger partial charge on any atom is 0.247 e. The summed E-state index contributed by atoms with van der Waals surface area (Å²) in [5, 5.41) is 6.51. The summed E-state index contributed by atoms with van der Waals surface area (Å²) < 4.78 is 30.6. The van der Waals surface area contributed by atoms with Crippen molar-refractivity contribution >= 4 is 22.2 Å². The summed E-state index contributed by atoms with van der Waals surface area (Å²) in [5.74, 6) is 2.17. The van der Waals surface area contributed by atoms with Crippen molar-refractivity contribution in [2.75, 3.05) is 38.8 Å². The van der Waals surface area contributed by atoms with Crippen molar-refractivity contribution < 1.29 is 23.4 Å². The minimum atomic E-state index is -2.39. The average molecular weight is 526 g/mol. The molecule has 9 heteroatoms. The Hall–Kier alpha value is -2.85. The van der Waals surface area contributed by atoms with Gasteiger partial charge in [-0.1, -0.05) is 36.4 Å². The van der Waals surface area contributed by atoms with E-state index < -0.39 is 10.6 Å². The van der Waals surface area contributed by atoms with Crippen LogP contribution in [0.3, 0.4) is 0 Å². The summed E-state index contributed by atoms with van der Waals surface area (Å²) in [6, 6.07) is 14.1. The highest BCUT2D eigenvalue weighted by molar-refractivity contribution is 8.24. The third-order valence-electron chi connectivity index (χ3n) is 7.49. The number of rotatable bonds is 7. The number of benzene rings is 2. The molecule has 0 aromatic heterocycles. The fourth-order valence-corrected chi connectivity index (χ4v) is 6.62. The SMILES string of the molecule is COc1ccc(C2=NN(Cc3ccc(CN4CCS(O)(O)CC4)cc3)C(=O)[C@H]3CC=CC[C@@H]23)cc1OC. The molecule has 0 saturated carbocycles. The van der Waals surface area contributed by atoms with E-state index in [1.165, 1.54) is 5.56 Å². The number of carbonyl (C=O) groups is 1. The number of amides is 1. The maximum atomic E-state index is 13.4. The molecular weight excluding hydrogens is 490 g/mol. The Labute approximate surface area is 219 Å². The van der Waals surface area contributed by atoms with Crippen LogP contribution in [0, 0.1) is 11.8 Å². The molecule has 1 amide bonds. The normalized spacial score (nSPS) is 24.3. The van der Waals surface area contributed by atoms with E-state index in [1.54, 1.807) is 19.2 Å². The molecule has 198 valence electrons. The molecule has 1 fully saturated rings. The number of methoxy groups -OCH3 is 2. The zero-order chi connectivity index (χ0) is 26.0. The number of hydrogen-bond donors (Lipinski definition) is 2. The molecule has 2 N–H and O–H groups in total. The standard InChI is InChI=1S/C28H35N3O5S/c1-35-25-12-11-22(17-26(25)36-2)27-23-5-3-4-6-24(23)28(32)31(29-27)19-21-9-7-20(8-10-21)18-30-13-15-37(33,34)16-14-30/h3-4,7-12,17,23-24,33-34H,5-6,13-16,18-19H2,1-2H3/t23-,24+/m1/s1. The summed E-state index contributed by atoms with van der Waals surface area (Å²) in [4.78, 5) is 15.7. The van der Waals surface area contributed by atoms with Gasteiger partial charge in [0.25, 0.3) is 0 Å². The number of hydrogen-bond acceptors (Lipinski definition) is 7. The van der Waals surface area contributed by atoms with Crippen molar-refractivity contribution in [1.82, 2.24) is 9.91 Å². The second-order valence-corrected chi connectivity index (χ2v) is 12.3. The summed E-state index contributed by atoms with van der Waals surface area (Å²) in [6.45, 7) is 2.57. The van der Waals surface area contributed by atoms with E-state index in [1.807, 2.05) is 18.2 Å². The summed E-state index contributed by atoms with van der Waals surface area (Å²) >= 11 is 0. The first-order valence-corrected chi connectivity index (χ1v) is 14.6. The van der Waals surface area contributed by atoms with Gasteiger partial charge < -0.3 is 9.47 Å². The molecule has 1 saturated heterocycles. The molecule has 2 atom stereocenters. The van der Waals surface area contributed by atoms with Gasteiger partial charge in [-0.05, 0) is 42.2 Å². The smallest absolute Gasteiger partial charge is 0.247 e. The van der Waals surface area contributed by atoms with Crippen LogP contribution in [0.4, 0.5) is 0 Å². The Morgan fingerprint density at radius 3 is 2.16 bits per heavy atom. The quantitative estimate of drug-likeness (QED) is 0.513. The van der Waals surface area contributed by atoms with Crippen molar-refractivity contribution in [2.24, 2.45) is 16.9 Å². The Balaban J connectivity index is 1.34. The van der Waals surface area contributed by atoms with Crippen LogP contribution < -0.4 is 9.47 Å². The fourth-order valence-electron chi connectivity index (χ4n) is 5.32. The number of ether oxygens (including phenoxy) is 2. The highest BCUT2D eigenvalue weighted by Gasteiger charge is 2.40. The molecular formula is C28H35N3O5S. The maximum absolute atomic E-state index is 13.4. The van der Waals surface area contributed by atoms with Crippen LogP contribution in [-0.4, -0.2) is 69.4 Å². The lowest BCUT2D eigenvalue weighted by Crippen LogP contribution is -2.45. The third-order valence-corrected chi connectivity index (χ3v) is 9.17. The number of nitrogens with zero attached hydrogens (tertiary/aromatic N) is 3. The van der Waals surface area contributed by atoms with E-state index in [4.69, 9.17) is 14.6 Å². The predicted octanol–water partition coefficient (Wildman–Crippen LogP) is 4.60. The van der Waals surface area contributed by atoms with Gasteiger partial charge >= 0.3 is 0 Å². The highest BCUT2D eigenvalue weighted by Crippen LogP contribution is 2.40. The first kappa shape index (κ1) is 25.8. The lowest BCUT2D eigenvalue weighted by atomic mass is 9.76. The Morgan fingerprint density at radius 2 is 1.51 bits per heavy atom. The van der Waals surface area contributed by atoms with Gasteiger partial charge in [0.05, 0.1) is 43.9 Å². The number of carbonyl (C=O) groups excluding carboxylic acids is 1. The van der Waals surface area contributed by atoms with Crippen molar-refractivity contribution in [3.05, 3.63) is 71.3 Å². The number of fused-ring (bicyclic) bond motifs is 1. The van der Waals surface area contributed by atoms with Crippen molar-refractivity contribution in [2.45, 2.75) is 25.9 Å². The second-order valence-electron chi connectivity index (χ2n) is 9.91. The zero-order valence-electron chi connectivity index (χ0n) is 21.4. The molecule has 0 spiro atoms. The van der Waals surface area contributed by atoms with E-state index >= 15 is 0 Å². The van der Waals surface area contributed by atoms with Gasteiger partial charge in [-0.3, -0.25) is 18.8 Å². The van der Waals surface area contributed by atoms with Gasteiger partial charge in [0.2, 0.25) is 5.91 Å². The van der Waals surface area contributed by atoms with Gasteiger partial charge in [-0.25, -0.2) is 5.01 Å². The van der Waals surface area contributed by atoms with Crippen LogP contribution >= 0.6 is 10.6 Å². The minimum absolute atomic E-state index is 0.0391. The molecule has 8 nitrogen and oxygen atoms in total. The summed E-state index contributed by atoms with van der Waals surface area (Å²) in [6.07, 6.45) is 5.75. The van der Waals surface area contributed by atoms with Gasteiger partial charge in [0.1, 0.15) is 0 Å². The molecule has 5 rings (SSSR count). The fraction of sp³-hybridized carbons (Fsp3) is 0.429. The molecule has 37 heavy (non-hydrogen) atoms. The lowest BCUT2D eigenvalue weighted by Gasteiger charge is -2.41. The Kier molecular flexibility index (Phi) is 7.57. The average Bonchev–Trinajstić information content (AvgIpc) is 2.92. The van der Waals surface area contributed by atoms with Crippen LogP contribution in [0.15, 0.2) is 59.7 Å². The van der Waals surface area contributed by atoms with Crippen LogP contribution in [0.5, 0.6) is 11.5 Å². The Morgan fingerprint density at radius 1 is 0.892 bits per heavy atom. The first-order chi connectivity index (χ1) is 17.9. The topological polar surface area (TPSA) is 94.8 Å². The third kappa shape index (κ3) is 5.70. The van der Waals surface area contributed by atoms with E-state index in [-0.39, 0.29) is 17.7 Å². The van der Waals surface area contributed by atoms with E-state index in [0.29, 0.717) is 49.1 Å². The highest BCUT2D eigenvalue weighted by atomic mass is 32.3. The number of allylic oxidation sites excluding steroid dienone is 2. The summed E-state index contributed by atoms with van der Waals surface area (Å²) in [7, 11) is 0.850. The van der Waals surface area contributed by atoms with Crippen molar-refractivity contribution in [3.8, 4) is 11.5 Å². The second kappa shape index (κ2) is 10.9. The van der Waals surface area contributed by atoms with Crippen molar-refractivity contribution in [3.63, 3.8) is 0 Å². The van der Waals surface area contributed by atoms with E-state index in [0.717, 1.165) is 29.8 Å². The molecule has 3 aliphatic rings.